The molecule has 1 saturated heterocycles. The van der Waals surface area contributed by atoms with Crippen LogP contribution in [0.3, 0.4) is 0 Å². The number of amides is 1. The Kier molecular flexibility index (Phi) is 6.48. The number of hydrogen-bond acceptors (Lipinski definition) is 5. The monoisotopic (exact) mass is 332 g/mol. The van der Waals surface area contributed by atoms with E-state index in [4.69, 9.17) is 5.26 Å². The standard InChI is InChI=1S/C17H20N2O3S/c1-22-17(21)12-23-15-8-9-19(11-15)16(20)7-6-13-2-4-14(10-18)5-3-13/h2-5,15H,6-9,11-12H2,1H3. The largest absolute Gasteiger partial charge is 0.468 e. The summed E-state index contributed by atoms with van der Waals surface area (Å²) in [5.41, 5.74) is 1.69. The fourth-order valence-electron chi connectivity index (χ4n) is 2.49. The molecule has 1 aromatic rings. The van der Waals surface area contributed by atoms with Crippen molar-refractivity contribution in [3.05, 3.63) is 35.4 Å². The minimum Gasteiger partial charge on any atom is -0.468 e. The third-order valence-corrected chi connectivity index (χ3v) is 5.13. The molecular weight excluding hydrogens is 312 g/mol. The number of ether oxygens (including phenoxy) is 1. The maximum atomic E-state index is 12.3. The topological polar surface area (TPSA) is 70.4 Å². The van der Waals surface area contributed by atoms with Crippen molar-refractivity contribution in [3.63, 3.8) is 0 Å². The third-order valence-electron chi connectivity index (χ3n) is 3.87. The molecule has 1 unspecified atom stereocenters. The lowest BCUT2D eigenvalue weighted by Gasteiger charge is -2.16. The summed E-state index contributed by atoms with van der Waals surface area (Å²) in [6, 6.07) is 9.42. The summed E-state index contributed by atoms with van der Waals surface area (Å²) in [6.45, 7) is 1.46. The summed E-state index contributed by atoms with van der Waals surface area (Å²) in [6.07, 6.45) is 2.07. The zero-order valence-electron chi connectivity index (χ0n) is 13.2. The van der Waals surface area contributed by atoms with Crippen LogP contribution >= 0.6 is 11.8 Å². The van der Waals surface area contributed by atoms with E-state index in [0.29, 0.717) is 36.0 Å². The number of nitrogens with zero attached hydrogens (tertiary/aromatic N) is 2. The molecule has 1 fully saturated rings. The van der Waals surface area contributed by atoms with Gasteiger partial charge in [0.05, 0.1) is 24.5 Å². The predicted molar refractivity (Wildman–Crippen MR) is 88.9 cm³/mol. The summed E-state index contributed by atoms with van der Waals surface area (Å²) in [5.74, 6) is 0.269. The number of methoxy groups -OCH3 is 1. The van der Waals surface area contributed by atoms with Crippen molar-refractivity contribution in [2.75, 3.05) is 26.0 Å². The molecule has 2 rings (SSSR count). The Morgan fingerprint density at radius 2 is 2.13 bits per heavy atom. The number of carbonyl (C=O) groups excluding carboxylic acids is 2. The van der Waals surface area contributed by atoms with Gasteiger partial charge >= 0.3 is 5.97 Å². The summed E-state index contributed by atoms with van der Waals surface area (Å²) >= 11 is 1.56. The molecule has 1 aliphatic heterocycles. The van der Waals surface area contributed by atoms with Gasteiger partial charge in [0.2, 0.25) is 5.91 Å². The second-order valence-electron chi connectivity index (χ2n) is 5.45. The number of hydrogen-bond donors (Lipinski definition) is 0. The van der Waals surface area contributed by atoms with Gasteiger partial charge in [-0.05, 0) is 30.5 Å². The maximum absolute atomic E-state index is 12.3. The van der Waals surface area contributed by atoms with Crippen LogP contribution in [0, 0.1) is 11.3 Å². The zero-order chi connectivity index (χ0) is 16.7. The molecule has 1 atom stereocenters. The van der Waals surface area contributed by atoms with Crippen LogP contribution in [0.5, 0.6) is 0 Å². The second kappa shape index (κ2) is 8.59. The highest BCUT2D eigenvalue weighted by atomic mass is 32.2. The zero-order valence-corrected chi connectivity index (χ0v) is 14.0. The van der Waals surface area contributed by atoms with E-state index in [0.717, 1.165) is 18.5 Å². The number of esters is 1. The van der Waals surface area contributed by atoms with Gasteiger partial charge in [-0.15, -0.1) is 11.8 Å². The molecule has 1 heterocycles. The van der Waals surface area contributed by atoms with Crippen LogP contribution in [0.15, 0.2) is 24.3 Å². The molecule has 0 aromatic heterocycles. The molecule has 0 bridgehead atoms. The molecule has 6 heteroatoms. The van der Waals surface area contributed by atoms with Crippen molar-refractivity contribution in [3.8, 4) is 6.07 Å². The molecule has 122 valence electrons. The minimum absolute atomic E-state index is 0.149. The Morgan fingerprint density at radius 1 is 1.39 bits per heavy atom. The highest BCUT2D eigenvalue weighted by Gasteiger charge is 2.26. The molecule has 1 amide bonds. The fourth-order valence-corrected chi connectivity index (χ4v) is 3.54. The van der Waals surface area contributed by atoms with E-state index >= 15 is 0 Å². The van der Waals surface area contributed by atoms with Gasteiger partial charge < -0.3 is 9.64 Å². The van der Waals surface area contributed by atoms with Crippen LogP contribution in [-0.2, 0) is 20.7 Å². The first-order chi connectivity index (χ1) is 11.1. The number of benzene rings is 1. The van der Waals surface area contributed by atoms with Gasteiger partial charge in [-0.2, -0.15) is 5.26 Å². The summed E-state index contributed by atoms with van der Waals surface area (Å²) in [5, 5.41) is 9.08. The van der Waals surface area contributed by atoms with E-state index in [1.54, 1.807) is 23.9 Å². The Morgan fingerprint density at radius 3 is 2.78 bits per heavy atom. The van der Waals surface area contributed by atoms with Crippen molar-refractivity contribution in [1.82, 2.24) is 4.90 Å². The Hall–Kier alpha value is -2.00. The van der Waals surface area contributed by atoms with Crippen LogP contribution in [0.25, 0.3) is 0 Å². The number of aryl methyl sites for hydroxylation is 1. The smallest absolute Gasteiger partial charge is 0.315 e. The van der Waals surface area contributed by atoms with Crippen molar-refractivity contribution in [1.29, 1.82) is 5.26 Å². The first kappa shape index (κ1) is 17.4. The van der Waals surface area contributed by atoms with Crippen molar-refractivity contribution >= 4 is 23.6 Å². The number of rotatable bonds is 6. The SMILES string of the molecule is COC(=O)CSC1CCN(C(=O)CCc2ccc(C#N)cc2)C1. The van der Waals surface area contributed by atoms with Crippen LogP contribution in [-0.4, -0.2) is 48.0 Å². The molecule has 0 spiro atoms. The second-order valence-corrected chi connectivity index (χ2v) is 6.73. The lowest BCUT2D eigenvalue weighted by atomic mass is 10.1. The molecule has 1 aromatic carbocycles. The van der Waals surface area contributed by atoms with Gasteiger partial charge in [0.25, 0.3) is 0 Å². The summed E-state index contributed by atoms with van der Waals surface area (Å²) in [7, 11) is 1.39. The van der Waals surface area contributed by atoms with Gasteiger partial charge in [0.1, 0.15) is 0 Å². The van der Waals surface area contributed by atoms with Crippen LogP contribution in [0.4, 0.5) is 0 Å². The van der Waals surface area contributed by atoms with Crippen molar-refractivity contribution in [2.24, 2.45) is 0 Å². The van der Waals surface area contributed by atoms with Crippen LogP contribution < -0.4 is 0 Å². The summed E-state index contributed by atoms with van der Waals surface area (Å²) < 4.78 is 4.63. The molecule has 0 N–H and O–H groups in total. The normalized spacial score (nSPS) is 16.9. The van der Waals surface area contributed by atoms with E-state index in [2.05, 4.69) is 10.8 Å². The van der Waals surface area contributed by atoms with E-state index in [-0.39, 0.29) is 11.9 Å². The highest BCUT2D eigenvalue weighted by molar-refractivity contribution is 8.00. The Labute approximate surface area is 140 Å². The fraction of sp³-hybridized carbons (Fsp3) is 0.471. The Balaban J connectivity index is 1.74. The Bertz CT molecular complexity index is 595. The molecule has 0 aliphatic carbocycles. The first-order valence-corrected chi connectivity index (χ1v) is 8.62. The van der Waals surface area contributed by atoms with Crippen molar-refractivity contribution in [2.45, 2.75) is 24.5 Å². The molecule has 0 saturated carbocycles. The predicted octanol–water partition coefficient (Wildman–Crippen LogP) is 2.00. The lowest BCUT2D eigenvalue weighted by molar-refractivity contribution is -0.137. The quantitative estimate of drug-likeness (QED) is 0.745. The van der Waals surface area contributed by atoms with Gasteiger partial charge in [-0.25, -0.2) is 0 Å². The summed E-state index contributed by atoms with van der Waals surface area (Å²) in [4.78, 5) is 25.3. The van der Waals surface area contributed by atoms with Crippen LogP contribution in [0.1, 0.15) is 24.0 Å². The first-order valence-electron chi connectivity index (χ1n) is 7.57. The molecule has 1 aliphatic rings. The average molecular weight is 332 g/mol. The van der Waals surface area contributed by atoms with Crippen molar-refractivity contribution < 1.29 is 14.3 Å². The number of nitriles is 1. The van der Waals surface area contributed by atoms with Gasteiger partial charge in [-0.3, -0.25) is 9.59 Å². The number of carbonyl (C=O) groups is 2. The van der Waals surface area contributed by atoms with E-state index in [9.17, 15) is 9.59 Å². The maximum Gasteiger partial charge on any atom is 0.315 e. The van der Waals surface area contributed by atoms with E-state index in [1.165, 1.54) is 7.11 Å². The van der Waals surface area contributed by atoms with Gasteiger partial charge in [0.15, 0.2) is 0 Å². The van der Waals surface area contributed by atoms with Crippen LogP contribution in [0.2, 0.25) is 0 Å². The third kappa shape index (κ3) is 5.29. The van der Waals surface area contributed by atoms with E-state index < -0.39 is 0 Å². The lowest BCUT2D eigenvalue weighted by Crippen LogP contribution is -2.29. The number of likely N-dealkylation sites (tertiary alicyclic amines) is 1. The van der Waals surface area contributed by atoms with E-state index in [1.807, 2.05) is 17.0 Å². The molecular formula is C17H20N2O3S. The number of thioether (sulfide) groups is 1. The minimum atomic E-state index is -0.222. The highest BCUT2D eigenvalue weighted by Crippen LogP contribution is 2.23. The average Bonchev–Trinajstić information content (AvgIpc) is 3.07. The van der Waals surface area contributed by atoms with Gasteiger partial charge in [0, 0.05) is 24.8 Å². The molecule has 0 radical (unpaired) electrons. The molecule has 23 heavy (non-hydrogen) atoms. The molecule has 5 nitrogen and oxygen atoms in total. The van der Waals surface area contributed by atoms with Gasteiger partial charge in [-0.1, -0.05) is 12.1 Å².